The van der Waals surface area contributed by atoms with E-state index in [-0.39, 0.29) is 11.9 Å². The van der Waals surface area contributed by atoms with Crippen molar-refractivity contribution in [2.75, 3.05) is 26.7 Å². The number of hydrogen-bond acceptors (Lipinski definition) is 4. The zero-order chi connectivity index (χ0) is 12.7. The highest BCUT2D eigenvalue weighted by molar-refractivity contribution is 5.63. The van der Waals surface area contributed by atoms with Gasteiger partial charge in [0, 0.05) is 13.1 Å². The lowest BCUT2D eigenvalue weighted by atomic mass is 10.4. The number of hydrogen-bond donors (Lipinski definition) is 1. The molecule has 0 unspecified atom stereocenters. The quantitative estimate of drug-likeness (QED) is 0.709. The minimum absolute atomic E-state index is 0. The van der Waals surface area contributed by atoms with Crippen LogP contribution in [0.3, 0.4) is 0 Å². The van der Waals surface area contributed by atoms with Crippen LogP contribution in [0.2, 0.25) is 0 Å². The van der Waals surface area contributed by atoms with Crippen molar-refractivity contribution in [3.8, 4) is 0 Å². The molecule has 0 spiro atoms. The van der Waals surface area contributed by atoms with Crippen LogP contribution in [0.5, 0.6) is 0 Å². The Labute approximate surface area is 99.4 Å². The van der Waals surface area contributed by atoms with Crippen molar-refractivity contribution in [2.45, 2.75) is 40.5 Å². The van der Waals surface area contributed by atoms with Crippen molar-refractivity contribution in [2.24, 2.45) is 0 Å². The Morgan fingerprint density at radius 2 is 1.38 bits per heavy atom. The van der Waals surface area contributed by atoms with Gasteiger partial charge in [-0.05, 0) is 26.1 Å². The first-order chi connectivity index (χ1) is 7.12. The molecular formula is C11H28NO4-. The Morgan fingerprint density at radius 3 is 1.38 bits per heavy atom. The highest BCUT2D eigenvalue weighted by atomic mass is 16.4. The van der Waals surface area contributed by atoms with Crippen LogP contribution in [0.1, 0.15) is 40.5 Å². The van der Waals surface area contributed by atoms with E-state index in [9.17, 15) is 9.90 Å². The summed E-state index contributed by atoms with van der Waals surface area (Å²) in [5.41, 5.74) is 0. The van der Waals surface area contributed by atoms with Crippen molar-refractivity contribution < 1.29 is 20.5 Å². The molecule has 0 aromatic rings. The predicted molar refractivity (Wildman–Crippen MR) is 65.1 cm³/mol. The number of aliphatic hydroxyl groups is 1. The highest BCUT2D eigenvalue weighted by Crippen LogP contribution is 1.81. The molecule has 0 saturated heterocycles. The molecule has 102 valence electrons. The van der Waals surface area contributed by atoms with Crippen molar-refractivity contribution in [3.63, 3.8) is 0 Å². The summed E-state index contributed by atoms with van der Waals surface area (Å²) in [5.74, 6) is -0.961. The lowest BCUT2D eigenvalue weighted by Gasteiger charge is -2.13. The molecule has 0 aliphatic carbocycles. The third-order valence-corrected chi connectivity index (χ3v) is 1.80. The fourth-order valence-electron chi connectivity index (χ4n) is 0.875. The maximum absolute atomic E-state index is 9.49. The van der Waals surface area contributed by atoms with E-state index < -0.39 is 5.97 Å². The molecule has 0 aliphatic heterocycles. The molecule has 0 amide bonds. The number of nitrogens with zero attached hydrogens (tertiary/aromatic N) is 1. The summed E-state index contributed by atoms with van der Waals surface area (Å²) in [5, 5.41) is 16.5. The van der Waals surface area contributed by atoms with Crippen molar-refractivity contribution in [3.05, 3.63) is 0 Å². The highest BCUT2D eigenvalue weighted by Gasteiger charge is 1.89. The van der Waals surface area contributed by atoms with E-state index >= 15 is 0 Å². The largest absolute Gasteiger partial charge is 0.550 e. The average Bonchev–Trinajstić information content (AvgIpc) is 2.24. The molecule has 0 fully saturated rings. The summed E-state index contributed by atoms with van der Waals surface area (Å²) in [6.45, 7) is 11.9. The van der Waals surface area contributed by atoms with E-state index in [0.717, 1.165) is 7.11 Å². The maximum atomic E-state index is 9.49. The summed E-state index contributed by atoms with van der Waals surface area (Å²) in [4.78, 5) is 11.9. The van der Waals surface area contributed by atoms with E-state index in [1.807, 2.05) is 0 Å². The van der Waals surface area contributed by atoms with E-state index in [4.69, 9.17) is 5.11 Å². The van der Waals surface area contributed by atoms with Gasteiger partial charge in [0.1, 0.15) is 0 Å². The van der Waals surface area contributed by atoms with Gasteiger partial charge in [-0.2, -0.15) is 0 Å². The molecule has 0 saturated carbocycles. The first kappa shape index (κ1) is 24.5. The summed E-state index contributed by atoms with van der Waals surface area (Å²) < 4.78 is 0. The second-order valence-electron chi connectivity index (χ2n) is 2.74. The van der Waals surface area contributed by atoms with Gasteiger partial charge in [-0.3, -0.25) is 0 Å². The van der Waals surface area contributed by atoms with Gasteiger partial charge in [-0.25, -0.2) is 0 Å². The van der Waals surface area contributed by atoms with Crippen molar-refractivity contribution in [1.82, 2.24) is 4.90 Å². The van der Waals surface area contributed by atoms with Gasteiger partial charge in [0.05, 0.1) is 0 Å². The van der Waals surface area contributed by atoms with Crippen LogP contribution in [0, 0.1) is 0 Å². The van der Waals surface area contributed by atoms with Crippen LogP contribution < -0.4 is 5.11 Å². The van der Waals surface area contributed by atoms with E-state index in [1.54, 1.807) is 6.92 Å². The zero-order valence-corrected chi connectivity index (χ0v) is 11.2. The number of carbonyl (C=O) groups excluding carboxylic acids is 1. The minimum Gasteiger partial charge on any atom is -0.550 e. The molecule has 0 aliphatic rings. The molecular weight excluding hydrogens is 210 g/mol. The Hall–Kier alpha value is -0.650. The van der Waals surface area contributed by atoms with Gasteiger partial charge in [0.25, 0.3) is 0 Å². The Bertz CT molecular complexity index is 111. The number of aliphatic carboxylic acids is 1. The summed E-state index contributed by atoms with van der Waals surface area (Å²) in [6.07, 6.45) is 0.850. The van der Waals surface area contributed by atoms with Gasteiger partial charge in [0.15, 0.2) is 0 Å². The molecule has 0 rings (SSSR count). The van der Waals surface area contributed by atoms with Crippen LogP contribution in [0.25, 0.3) is 0 Å². The predicted octanol–water partition coefficient (Wildman–Crippen LogP) is -0.332. The van der Waals surface area contributed by atoms with Crippen molar-refractivity contribution in [1.29, 1.82) is 0 Å². The Kier molecular flexibility index (Phi) is 36.6. The lowest BCUT2D eigenvalue weighted by molar-refractivity contribution is -0.305. The molecule has 16 heavy (non-hydrogen) atoms. The molecule has 0 atom stereocenters. The second-order valence-corrected chi connectivity index (χ2v) is 2.74. The number of carboxylic acid groups (broad SMARTS) is 1. The van der Waals surface area contributed by atoms with Gasteiger partial charge in [-0.15, -0.1) is 0 Å². The number of carbonyl (C=O) groups is 1. The van der Waals surface area contributed by atoms with Gasteiger partial charge in [-0.1, -0.05) is 34.1 Å². The summed E-state index contributed by atoms with van der Waals surface area (Å²) >= 11 is 0. The third-order valence-electron chi connectivity index (χ3n) is 1.80. The smallest absolute Gasteiger partial charge is 0.0414 e. The molecule has 0 bridgehead atoms. The molecule has 5 heteroatoms. The Balaban J connectivity index is -0.0000000743. The number of aliphatic hydroxyl groups excluding tert-OH is 1. The first-order valence-electron chi connectivity index (χ1n) is 5.49. The fraction of sp³-hybridized carbons (Fsp3) is 0.909. The van der Waals surface area contributed by atoms with Crippen LogP contribution in [0.4, 0.5) is 0 Å². The number of carboxylic acids is 1. The minimum atomic E-state index is -0.961. The van der Waals surface area contributed by atoms with E-state index in [1.165, 1.54) is 19.6 Å². The maximum Gasteiger partial charge on any atom is 0.0414 e. The second kappa shape index (κ2) is 23.9. The van der Waals surface area contributed by atoms with E-state index in [2.05, 4.69) is 25.7 Å². The molecule has 0 aromatic heterocycles. The molecule has 0 heterocycles. The van der Waals surface area contributed by atoms with E-state index in [0.29, 0.717) is 6.42 Å². The number of rotatable bonds is 5. The monoisotopic (exact) mass is 238 g/mol. The topological polar surface area (TPSA) is 95.1 Å². The summed E-state index contributed by atoms with van der Waals surface area (Å²) in [6, 6.07) is 0. The summed E-state index contributed by atoms with van der Waals surface area (Å²) in [7, 11) is 1.00. The van der Waals surface area contributed by atoms with Crippen molar-refractivity contribution >= 4 is 5.97 Å². The van der Waals surface area contributed by atoms with Crippen LogP contribution in [0.15, 0.2) is 0 Å². The third kappa shape index (κ3) is 29.2. The van der Waals surface area contributed by atoms with Crippen LogP contribution in [-0.4, -0.2) is 48.2 Å². The normalized spacial score (nSPS) is 7.94. The van der Waals surface area contributed by atoms with Gasteiger partial charge >= 0.3 is 0 Å². The molecule has 5 nitrogen and oxygen atoms in total. The SMILES string of the molecule is CCCC(=O)[O-].CCN(CC)CC.CO.O. The van der Waals surface area contributed by atoms with Gasteiger partial charge in [0.2, 0.25) is 0 Å². The average molecular weight is 238 g/mol. The fourth-order valence-corrected chi connectivity index (χ4v) is 0.875. The van der Waals surface area contributed by atoms with Gasteiger partial charge < -0.3 is 25.4 Å². The first-order valence-corrected chi connectivity index (χ1v) is 5.49. The molecule has 3 N–H and O–H groups in total. The molecule has 0 aromatic carbocycles. The standard InChI is InChI=1S/C6H15N.C4H8O2.CH4O.H2O/c1-4-7(5-2)6-3;1-2-3-4(5)6;1-2;/h4-6H2,1-3H3;2-3H2,1H3,(H,5,6);2H,1H3;1H2/p-1. The molecule has 0 radical (unpaired) electrons. The lowest BCUT2D eigenvalue weighted by Crippen LogP contribution is -2.21. The zero-order valence-electron chi connectivity index (χ0n) is 11.2. The Morgan fingerprint density at radius 1 is 1.06 bits per heavy atom. The van der Waals surface area contributed by atoms with Crippen LogP contribution >= 0.6 is 0 Å². The van der Waals surface area contributed by atoms with Crippen LogP contribution in [-0.2, 0) is 4.79 Å².